The fraction of sp³-hybridized carbons (Fsp3) is 0.524. The maximum atomic E-state index is 5.08. The fourth-order valence-corrected chi connectivity index (χ4v) is 4.83. The second kappa shape index (κ2) is 6.23. The summed E-state index contributed by atoms with van der Waals surface area (Å²) in [6.07, 6.45) is 7.38. The Morgan fingerprint density at radius 3 is 2.69 bits per heavy atom. The quantitative estimate of drug-likeness (QED) is 0.726. The van der Waals surface area contributed by atoms with Gasteiger partial charge in [0.15, 0.2) is 0 Å². The fourth-order valence-electron chi connectivity index (χ4n) is 4.83. The van der Waals surface area contributed by atoms with Crippen LogP contribution in [0.15, 0.2) is 24.3 Å². The molecule has 0 radical (unpaired) electrons. The van der Waals surface area contributed by atoms with E-state index in [9.17, 15) is 0 Å². The zero-order chi connectivity index (χ0) is 17.7. The number of hydrogen-bond donors (Lipinski definition) is 0. The number of aryl methyl sites for hydroxylation is 2. The van der Waals surface area contributed by atoms with E-state index in [0.29, 0.717) is 6.04 Å². The number of benzene rings is 1. The minimum absolute atomic E-state index is 0.422. The smallest absolute Gasteiger partial charge is 0.126 e. The molecule has 3 heterocycles. The Balaban J connectivity index is 1.46. The summed E-state index contributed by atoms with van der Waals surface area (Å²) < 4.78 is 4.64. The molecule has 1 aliphatic carbocycles. The van der Waals surface area contributed by atoms with Gasteiger partial charge in [-0.1, -0.05) is 12.1 Å². The van der Waals surface area contributed by atoms with Gasteiger partial charge in [-0.2, -0.15) is 0 Å². The average molecular weight is 349 g/mol. The Bertz CT molecular complexity index is 951. The van der Waals surface area contributed by atoms with Gasteiger partial charge in [0.25, 0.3) is 0 Å². The lowest BCUT2D eigenvalue weighted by molar-refractivity contribution is 0.228. The summed E-state index contributed by atoms with van der Waals surface area (Å²) in [4.78, 5) is 12.5. The number of rotatable bonds is 3. The largest absolute Gasteiger partial charge is 0.334 e. The third-order valence-electron chi connectivity index (χ3n) is 6.29. The van der Waals surface area contributed by atoms with E-state index in [1.807, 2.05) is 0 Å². The van der Waals surface area contributed by atoms with Gasteiger partial charge in [0.1, 0.15) is 11.6 Å². The summed E-state index contributed by atoms with van der Waals surface area (Å²) in [5.41, 5.74) is 5.13. The Morgan fingerprint density at radius 2 is 1.85 bits per heavy atom. The van der Waals surface area contributed by atoms with Gasteiger partial charge < -0.3 is 9.13 Å². The molecule has 2 aliphatic rings. The molecule has 1 aromatic carbocycles. The second-order valence-corrected chi connectivity index (χ2v) is 7.83. The van der Waals surface area contributed by atoms with Crippen LogP contribution in [0.3, 0.4) is 0 Å². The zero-order valence-corrected chi connectivity index (χ0v) is 15.8. The van der Waals surface area contributed by atoms with Gasteiger partial charge in [0.2, 0.25) is 0 Å². The summed E-state index contributed by atoms with van der Waals surface area (Å²) in [7, 11) is 4.35. The van der Waals surface area contributed by atoms with Crippen LogP contribution in [0.2, 0.25) is 0 Å². The van der Waals surface area contributed by atoms with E-state index in [1.54, 1.807) is 0 Å². The predicted octanol–water partition coefficient (Wildman–Crippen LogP) is 3.52. The van der Waals surface area contributed by atoms with Crippen LogP contribution >= 0.6 is 0 Å². The highest BCUT2D eigenvalue weighted by Crippen LogP contribution is 2.35. The Morgan fingerprint density at radius 1 is 1.00 bits per heavy atom. The molecule has 3 aromatic rings. The van der Waals surface area contributed by atoms with Crippen molar-refractivity contribution in [1.29, 1.82) is 0 Å². The third-order valence-corrected chi connectivity index (χ3v) is 6.29. The van der Waals surface area contributed by atoms with E-state index in [0.717, 1.165) is 30.9 Å². The molecule has 0 bridgehead atoms. The van der Waals surface area contributed by atoms with Crippen LogP contribution in [0.25, 0.3) is 11.0 Å². The van der Waals surface area contributed by atoms with Crippen LogP contribution in [-0.2, 0) is 33.5 Å². The highest BCUT2D eigenvalue weighted by Gasteiger charge is 2.32. The van der Waals surface area contributed by atoms with Gasteiger partial charge in [0.05, 0.1) is 29.3 Å². The number of aromatic nitrogens is 4. The first-order valence-corrected chi connectivity index (χ1v) is 9.91. The highest BCUT2D eigenvalue weighted by atomic mass is 15.3. The van der Waals surface area contributed by atoms with Gasteiger partial charge in [-0.15, -0.1) is 0 Å². The number of fused-ring (bicyclic) bond motifs is 2. The highest BCUT2D eigenvalue weighted by molar-refractivity contribution is 5.75. The lowest BCUT2D eigenvalue weighted by Crippen LogP contribution is -2.26. The summed E-state index contributed by atoms with van der Waals surface area (Å²) >= 11 is 0. The molecule has 2 aromatic heterocycles. The monoisotopic (exact) mass is 349 g/mol. The Hall–Kier alpha value is -2.14. The molecule has 26 heavy (non-hydrogen) atoms. The average Bonchev–Trinajstić information content (AvgIpc) is 3.34. The number of likely N-dealkylation sites (tertiary alicyclic amines) is 1. The Labute approximate surface area is 154 Å². The van der Waals surface area contributed by atoms with Gasteiger partial charge in [-0.05, 0) is 57.2 Å². The third kappa shape index (κ3) is 2.49. The minimum atomic E-state index is 0.422. The first kappa shape index (κ1) is 16.1. The standard InChI is InChI=1S/C21H27N5/c1-24-17-10-5-3-8-15(17)22-20(24)14-26-13-7-12-19(26)21-23-16-9-4-6-11-18(16)25(21)2/h3,5,8,10,19H,4,6-7,9,11-14H2,1-2H3/t19-/m0/s1. The summed E-state index contributed by atoms with van der Waals surface area (Å²) in [6, 6.07) is 8.83. The first-order chi connectivity index (χ1) is 12.7. The van der Waals surface area contributed by atoms with Crippen molar-refractivity contribution in [2.45, 2.75) is 51.1 Å². The molecule has 5 rings (SSSR count). The van der Waals surface area contributed by atoms with Crippen molar-refractivity contribution in [1.82, 2.24) is 24.0 Å². The summed E-state index contributed by atoms with van der Waals surface area (Å²) in [5.74, 6) is 2.42. The molecule has 0 spiro atoms. The van der Waals surface area contributed by atoms with Gasteiger partial charge >= 0.3 is 0 Å². The van der Waals surface area contributed by atoms with Gasteiger partial charge in [-0.3, -0.25) is 4.90 Å². The van der Waals surface area contributed by atoms with Crippen LogP contribution in [0.1, 0.15) is 54.8 Å². The number of hydrogen-bond acceptors (Lipinski definition) is 3. The molecular weight excluding hydrogens is 322 g/mol. The lowest BCUT2D eigenvalue weighted by atomic mass is 10.0. The lowest BCUT2D eigenvalue weighted by Gasteiger charge is -2.24. The van der Waals surface area contributed by atoms with Crippen molar-refractivity contribution in [3.05, 3.63) is 47.3 Å². The van der Waals surface area contributed by atoms with Crippen molar-refractivity contribution in [2.24, 2.45) is 14.1 Å². The molecule has 1 aliphatic heterocycles. The zero-order valence-electron chi connectivity index (χ0n) is 15.8. The molecule has 0 amide bonds. The van der Waals surface area contributed by atoms with E-state index in [1.165, 1.54) is 54.8 Å². The first-order valence-electron chi connectivity index (χ1n) is 9.91. The predicted molar refractivity (Wildman–Crippen MR) is 103 cm³/mol. The molecule has 0 N–H and O–H groups in total. The van der Waals surface area contributed by atoms with Crippen molar-refractivity contribution >= 4 is 11.0 Å². The van der Waals surface area contributed by atoms with Crippen LogP contribution in [0, 0.1) is 0 Å². The SMILES string of the molecule is Cn1c([C@@H]2CCCN2Cc2nc3ccccc3n2C)nc2c1CCCC2. The van der Waals surface area contributed by atoms with Gasteiger partial charge in [0, 0.05) is 19.8 Å². The van der Waals surface area contributed by atoms with Crippen LogP contribution in [0.5, 0.6) is 0 Å². The maximum Gasteiger partial charge on any atom is 0.126 e. The van der Waals surface area contributed by atoms with E-state index in [2.05, 4.69) is 52.4 Å². The molecule has 0 unspecified atom stereocenters. The summed E-state index contributed by atoms with van der Waals surface area (Å²) in [6.45, 7) is 2.03. The van der Waals surface area contributed by atoms with Crippen LogP contribution in [0.4, 0.5) is 0 Å². The van der Waals surface area contributed by atoms with Crippen molar-refractivity contribution in [2.75, 3.05) is 6.54 Å². The van der Waals surface area contributed by atoms with E-state index in [-0.39, 0.29) is 0 Å². The molecule has 1 atom stereocenters. The topological polar surface area (TPSA) is 38.9 Å². The molecule has 5 heteroatoms. The van der Waals surface area contributed by atoms with Crippen molar-refractivity contribution in [3.8, 4) is 0 Å². The molecule has 5 nitrogen and oxygen atoms in total. The van der Waals surface area contributed by atoms with E-state index < -0.39 is 0 Å². The maximum absolute atomic E-state index is 5.08. The number of para-hydroxylation sites is 2. The molecule has 136 valence electrons. The van der Waals surface area contributed by atoms with Crippen LogP contribution < -0.4 is 0 Å². The van der Waals surface area contributed by atoms with Crippen LogP contribution in [-0.4, -0.2) is 30.5 Å². The van der Waals surface area contributed by atoms with E-state index in [4.69, 9.17) is 9.97 Å². The Kier molecular flexibility index (Phi) is 3.85. The van der Waals surface area contributed by atoms with Gasteiger partial charge in [-0.25, -0.2) is 9.97 Å². The second-order valence-electron chi connectivity index (χ2n) is 7.83. The van der Waals surface area contributed by atoms with Crippen molar-refractivity contribution < 1.29 is 0 Å². The number of nitrogens with zero attached hydrogens (tertiary/aromatic N) is 5. The minimum Gasteiger partial charge on any atom is -0.334 e. The molecule has 0 saturated carbocycles. The molecule has 1 fully saturated rings. The molecule has 1 saturated heterocycles. The van der Waals surface area contributed by atoms with Crippen molar-refractivity contribution in [3.63, 3.8) is 0 Å². The molecular formula is C21H27N5. The number of imidazole rings is 2. The normalized spacial score (nSPS) is 20.8. The van der Waals surface area contributed by atoms with E-state index >= 15 is 0 Å². The summed E-state index contributed by atoms with van der Waals surface area (Å²) in [5, 5.41) is 0.